The average molecular weight is 528 g/mol. The molecule has 1 aliphatic carbocycles. The number of hydrogen-bond acceptors (Lipinski definition) is 9. The Morgan fingerprint density at radius 1 is 1.05 bits per heavy atom. The molecule has 38 heavy (non-hydrogen) atoms. The number of aliphatic carboxylic acids is 1. The molecule has 10 nitrogen and oxygen atoms in total. The van der Waals surface area contributed by atoms with Crippen LogP contribution in [0.3, 0.4) is 0 Å². The Labute approximate surface area is 220 Å². The van der Waals surface area contributed by atoms with Crippen molar-refractivity contribution in [1.29, 1.82) is 0 Å². The fourth-order valence-electron chi connectivity index (χ4n) is 6.44. The number of fused-ring (bicyclic) bond motifs is 3. The largest absolute Gasteiger partial charge is 0.493 e. The molecule has 2 aromatic carbocycles. The Hall–Kier alpha value is -3.66. The van der Waals surface area contributed by atoms with Gasteiger partial charge in [-0.25, -0.2) is 0 Å². The van der Waals surface area contributed by atoms with Gasteiger partial charge in [-0.2, -0.15) is 0 Å². The van der Waals surface area contributed by atoms with Crippen LogP contribution in [0, 0.1) is 17.8 Å². The predicted molar refractivity (Wildman–Crippen MR) is 135 cm³/mol. The van der Waals surface area contributed by atoms with Crippen molar-refractivity contribution in [2.75, 3.05) is 34.7 Å². The van der Waals surface area contributed by atoms with Gasteiger partial charge in [0.2, 0.25) is 12.5 Å². The average Bonchev–Trinajstić information content (AvgIpc) is 3.54. The number of carbonyl (C=O) groups is 2. The van der Waals surface area contributed by atoms with Gasteiger partial charge in [0.05, 0.1) is 33.9 Å². The van der Waals surface area contributed by atoms with Gasteiger partial charge in [0.15, 0.2) is 23.0 Å². The van der Waals surface area contributed by atoms with Crippen molar-refractivity contribution >= 4 is 11.9 Å². The van der Waals surface area contributed by atoms with E-state index in [1.165, 1.54) is 21.3 Å². The number of benzene rings is 2. The zero-order valence-corrected chi connectivity index (χ0v) is 22.1. The molecule has 204 valence electrons. The van der Waals surface area contributed by atoms with Crippen LogP contribution in [-0.2, 0) is 14.3 Å². The number of methoxy groups -OCH3 is 3. The number of carboxylic acids is 1. The SMILES string of the molecule is CC[C@H](C)[C@](N)(C(=O)O)[C@H]1c2cc3c(cc2[C@@H](c2cc(OC)c(OC)c(OC)c2)[C@@H]2C(=O)OC[C@@H]21)OCO3. The molecular formula is C28H33NO9. The molecule has 5 rings (SSSR count). The van der Waals surface area contributed by atoms with Gasteiger partial charge >= 0.3 is 11.9 Å². The minimum Gasteiger partial charge on any atom is -0.493 e. The van der Waals surface area contributed by atoms with Crippen LogP contribution in [0.1, 0.15) is 48.8 Å². The lowest BCUT2D eigenvalue weighted by Crippen LogP contribution is -2.61. The summed E-state index contributed by atoms with van der Waals surface area (Å²) in [4.78, 5) is 26.3. The Bertz CT molecular complexity index is 1250. The minimum atomic E-state index is -1.66. The van der Waals surface area contributed by atoms with Crippen molar-refractivity contribution in [2.45, 2.75) is 37.6 Å². The van der Waals surface area contributed by atoms with Crippen molar-refractivity contribution in [3.63, 3.8) is 0 Å². The molecule has 3 N–H and O–H groups in total. The van der Waals surface area contributed by atoms with Crippen LogP contribution < -0.4 is 29.4 Å². The van der Waals surface area contributed by atoms with Gasteiger partial charge in [0.25, 0.3) is 0 Å². The molecular weight excluding hydrogens is 494 g/mol. The summed E-state index contributed by atoms with van der Waals surface area (Å²) in [6.45, 7) is 3.85. The van der Waals surface area contributed by atoms with Gasteiger partial charge in [0.1, 0.15) is 5.54 Å². The number of carbonyl (C=O) groups excluding carboxylic acids is 1. The summed E-state index contributed by atoms with van der Waals surface area (Å²) in [5.41, 5.74) is 7.36. The lowest BCUT2D eigenvalue weighted by Gasteiger charge is -2.47. The molecule has 2 heterocycles. The van der Waals surface area contributed by atoms with Gasteiger partial charge in [-0.05, 0) is 46.9 Å². The first-order valence-electron chi connectivity index (χ1n) is 12.6. The van der Waals surface area contributed by atoms with E-state index in [4.69, 9.17) is 34.2 Å². The van der Waals surface area contributed by atoms with E-state index in [0.29, 0.717) is 40.7 Å². The van der Waals surface area contributed by atoms with Crippen molar-refractivity contribution < 1.29 is 43.1 Å². The highest BCUT2D eigenvalue weighted by Crippen LogP contribution is 2.59. The van der Waals surface area contributed by atoms with Gasteiger partial charge in [-0.3, -0.25) is 9.59 Å². The van der Waals surface area contributed by atoms with Crippen molar-refractivity contribution in [2.24, 2.45) is 23.5 Å². The van der Waals surface area contributed by atoms with Crippen LogP contribution in [0.2, 0.25) is 0 Å². The monoisotopic (exact) mass is 527 g/mol. The Morgan fingerprint density at radius 2 is 1.66 bits per heavy atom. The molecule has 0 unspecified atom stereocenters. The molecule has 0 spiro atoms. The van der Waals surface area contributed by atoms with Crippen molar-refractivity contribution in [3.8, 4) is 28.7 Å². The second-order valence-corrected chi connectivity index (χ2v) is 10.1. The molecule has 2 aliphatic heterocycles. The van der Waals surface area contributed by atoms with Gasteiger partial charge in [-0.15, -0.1) is 0 Å². The summed E-state index contributed by atoms with van der Waals surface area (Å²) in [5, 5.41) is 10.5. The molecule has 0 saturated carbocycles. The van der Waals surface area contributed by atoms with E-state index >= 15 is 0 Å². The quantitative estimate of drug-likeness (QED) is 0.492. The van der Waals surface area contributed by atoms with E-state index in [-0.39, 0.29) is 13.4 Å². The van der Waals surface area contributed by atoms with Crippen molar-refractivity contribution in [1.82, 2.24) is 0 Å². The number of esters is 1. The fraction of sp³-hybridized carbons (Fsp3) is 0.500. The summed E-state index contributed by atoms with van der Waals surface area (Å²) in [5.74, 6) is -2.00. The number of rotatable bonds is 8. The zero-order chi connectivity index (χ0) is 27.4. The van der Waals surface area contributed by atoms with E-state index in [0.717, 1.165) is 11.1 Å². The van der Waals surface area contributed by atoms with Gasteiger partial charge < -0.3 is 39.3 Å². The standard InChI is InChI=1S/C28H33NO9/c1-6-13(2)28(29,27(31)32)24-16-10-19-18(37-12-38-19)9-15(16)22(23-17(24)11-36-26(23)30)14-7-20(33-3)25(35-5)21(8-14)34-4/h7-10,13,17,22-24H,6,11-12,29H2,1-5H3,(H,31,32)/t13-,17-,22+,23+,24-,28+/m0/s1. The zero-order valence-electron chi connectivity index (χ0n) is 22.1. The highest BCUT2D eigenvalue weighted by molar-refractivity contribution is 5.84. The van der Waals surface area contributed by atoms with Gasteiger partial charge in [-0.1, -0.05) is 20.3 Å². The second-order valence-electron chi connectivity index (χ2n) is 10.1. The normalized spacial score (nSPS) is 25.5. The van der Waals surface area contributed by atoms with Crippen LogP contribution in [0.15, 0.2) is 24.3 Å². The third-order valence-electron chi connectivity index (χ3n) is 8.55. The third-order valence-corrected chi connectivity index (χ3v) is 8.55. The molecule has 2 aromatic rings. The number of hydrogen-bond donors (Lipinski definition) is 2. The number of cyclic esters (lactones) is 1. The maximum atomic E-state index is 13.4. The Morgan fingerprint density at radius 3 is 2.18 bits per heavy atom. The summed E-state index contributed by atoms with van der Waals surface area (Å²) < 4.78 is 33.7. The van der Waals surface area contributed by atoms with E-state index in [1.807, 2.05) is 38.1 Å². The fourth-order valence-corrected chi connectivity index (χ4v) is 6.44. The second kappa shape index (κ2) is 9.58. The lowest BCUT2D eigenvalue weighted by molar-refractivity contribution is -0.148. The molecule has 0 radical (unpaired) electrons. The number of ether oxygens (including phenoxy) is 6. The maximum Gasteiger partial charge on any atom is 0.324 e. The predicted octanol–water partition coefficient (Wildman–Crippen LogP) is 3.29. The Kier molecular flexibility index (Phi) is 6.54. The molecule has 10 heteroatoms. The van der Waals surface area contributed by atoms with E-state index in [1.54, 1.807) is 0 Å². The van der Waals surface area contributed by atoms with Crippen LogP contribution >= 0.6 is 0 Å². The minimum absolute atomic E-state index is 0.0463. The Balaban J connectivity index is 1.81. The van der Waals surface area contributed by atoms with E-state index in [9.17, 15) is 14.7 Å². The summed E-state index contributed by atoms with van der Waals surface area (Å²) in [6, 6.07) is 7.27. The van der Waals surface area contributed by atoms with Crippen LogP contribution in [0.25, 0.3) is 0 Å². The third kappa shape index (κ3) is 3.65. The van der Waals surface area contributed by atoms with E-state index in [2.05, 4.69) is 0 Å². The van der Waals surface area contributed by atoms with E-state index < -0.39 is 47.1 Å². The van der Waals surface area contributed by atoms with Crippen LogP contribution in [0.5, 0.6) is 28.7 Å². The number of nitrogens with two attached hydrogens (primary N) is 1. The molecule has 6 atom stereocenters. The molecule has 1 saturated heterocycles. The lowest BCUT2D eigenvalue weighted by atomic mass is 9.55. The highest BCUT2D eigenvalue weighted by Gasteiger charge is 2.60. The van der Waals surface area contributed by atoms with Crippen LogP contribution in [0.4, 0.5) is 0 Å². The van der Waals surface area contributed by atoms with Crippen molar-refractivity contribution in [3.05, 3.63) is 41.0 Å². The molecule has 0 aromatic heterocycles. The summed E-state index contributed by atoms with van der Waals surface area (Å²) in [7, 11) is 4.57. The highest BCUT2D eigenvalue weighted by atomic mass is 16.7. The maximum absolute atomic E-state index is 13.4. The number of carboxylic acid groups (broad SMARTS) is 1. The van der Waals surface area contributed by atoms with Crippen LogP contribution in [-0.4, -0.2) is 57.3 Å². The molecule has 0 amide bonds. The first kappa shape index (κ1) is 26.0. The topological polar surface area (TPSA) is 136 Å². The summed E-state index contributed by atoms with van der Waals surface area (Å²) in [6.07, 6.45) is 0.543. The van der Waals surface area contributed by atoms with Gasteiger partial charge in [0, 0.05) is 17.8 Å². The molecule has 1 fully saturated rings. The molecule has 3 aliphatic rings. The first-order chi connectivity index (χ1) is 18.2. The molecule has 0 bridgehead atoms. The summed E-state index contributed by atoms with van der Waals surface area (Å²) >= 11 is 0. The smallest absolute Gasteiger partial charge is 0.324 e. The first-order valence-corrected chi connectivity index (χ1v) is 12.6.